The lowest BCUT2D eigenvalue weighted by atomic mass is 10.3. The number of nitrogens with two attached hydrogens (primary N) is 1. The average molecular weight is 243 g/mol. The van der Waals surface area contributed by atoms with Gasteiger partial charge in [0.15, 0.2) is 11.5 Å². The van der Waals surface area contributed by atoms with Crippen molar-refractivity contribution in [3.63, 3.8) is 0 Å². The third-order valence-corrected chi connectivity index (χ3v) is 2.40. The molecule has 0 saturated carbocycles. The van der Waals surface area contributed by atoms with Gasteiger partial charge >= 0.3 is 0 Å². The lowest BCUT2D eigenvalue weighted by Crippen LogP contribution is -1.97. The minimum absolute atomic E-state index is 0.678. The second kappa shape index (κ2) is 5.96. The van der Waals surface area contributed by atoms with Gasteiger partial charge in [-0.3, -0.25) is 0 Å². The van der Waals surface area contributed by atoms with Crippen molar-refractivity contribution in [3.8, 4) is 17.2 Å². The first-order valence-electron chi connectivity index (χ1n) is 6.05. The topological polar surface area (TPSA) is 44.5 Å². The molecule has 0 aliphatic rings. The molecule has 0 aliphatic carbocycles. The Hall–Kier alpha value is -2.16. The van der Waals surface area contributed by atoms with Gasteiger partial charge in [0.25, 0.3) is 0 Å². The van der Waals surface area contributed by atoms with Crippen molar-refractivity contribution in [1.82, 2.24) is 0 Å². The summed E-state index contributed by atoms with van der Waals surface area (Å²) >= 11 is 0. The number of ether oxygens (including phenoxy) is 2. The summed E-state index contributed by atoms with van der Waals surface area (Å²) in [5.74, 6) is 2.17. The monoisotopic (exact) mass is 243 g/mol. The third kappa shape index (κ3) is 3.17. The smallest absolute Gasteiger partial charge is 0.169 e. The van der Waals surface area contributed by atoms with Crippen LogP contribution in [0, 0.1) is 0 Å². The van der Waals surface area contributed by atoms with E-state index in [0.717, 1.165) is 12.2 Å². The number of rotatable bonds is 5. The number of benzene rings is 2. The molecule has 0 heterocycles. The summed E-state index contributed by atoms with van der Waals surface area (Å²) in [5.41, 5.74) is 6.40. The van der Waals surface area contributed by atoms with Gasteiger partial charge in [-0.25, -0.2) is 0 Å². The summed E-state index contributed by atoms with van der Waals surface area (Å²) in [6.45, 7) is 2.75. The Bertz CT molecular complexity index is 511. The van der Waals surface area contributed by atoms with Crippen LogP contribution in [-0.4, -0.2) is 6.61 Å². The molecule has 0 spiro atoms. The van der Waals surface area contributed by atoms with Gasteiger partial charge in [0.1, 0.15) is 5.75 Å². The second-order valence-electron chi connectivity index (χ2n) is 3.97. The third-order valence-electron chi connectivity index (χ3n) is 2.40. The summed E-state index contributed by atoms with van der Waals surface area (Å²) in [6.07, 6.45) is 0.965. The summed E-state index contributed by atoms with van der Waals surface area (Å²) in [5, 5.41) is 0. The minimum Gasteiger partial charge on any atom is -0.490 e. The molecule has 2 aromatic rings. The number of nitrogen functional groups attached to an aromatic ring is 1. The molecule has 2 rings (SSSR count). The SMILES string of the molecule is CCCOc1ccccc1Oc1cccc(N)c1. The van der Waals surface area contributed by atoms with Gasteiger partial charge in [0.05, 0.1) is 6.61 Å². The molecule has 3 nitrogen and oxygen atoms in total. The van der Waals surface area contributed by atoms with Crippen LogP contribution in [-0.2, 0) is 0 Å². The Kier molecular flexibility index (Phi) is 4.07. The van der Waals surface area contributed by atoms with E-state index in [1.54, 1.807) is 6.07 Å². The molecule has 0 atom stereocenters. The van der Waals surface area contributed by atoms with Gasteiger partial charge in [-0.05, 0) is 30.7 Å². The highest BCUT2D eigenvalue weighted by molar-refractivity contribution is 5.47. The van der Waals surface area contributed by atoms with E-state index in [4.69, 9.17) is 15.2 Å². The van der Waals surface area contributed by atoms with E-state index >= 15 is 0 Å². The highest BCUT2D eigenvalue weighted by Gasteiger charge is 2.05. The first-order valence-corrected chi connectivity index (χ1v) is 6.05. The van der Waals surface area contributed by atoms with Gasteiger partial charge in [-0.15, -0.1) is 0 Å². The van der Waals surface area contributed by atoms with Crippen LogP contribution in [0.3, 0.4) is 0 Å². The van der Waals surface area contributed by atoms with E-state index in [1.165, 1.54) is 0 Å². The Balaban J connectivity index is 2.17. The molecule has 2 aromatic carbocycles. The zero-order valence-electron chi connectivity index (χ0n) is 10.4. The maximum absolute atomic E-state index is 5.78. The van der Waals surface area contributed by atoms with Crippen LogP contribution in [0.15, 0.2) is 48.5 Å². The number of anilines is 1. The second-order valence-corrected chi connectivity index (χ2v) is 3.97. The predicted octanol–water partition coefficient (Wildman–Crippen LogP) is 3.85. The molecule has 18 heavy (non-hydrogen) atoms. The molecule has 0 radical (unpaired) electrons. The van der Waals surface area contributed by atoms with Crippen LogP contribution in [0.4, 0.5) is 5.69 Å². The van der Waals surface area contributed by atoms with E-state index in [2.05, 4.69) is 6.92 Å². The lowest BCUT2D eigenvalue weighted by molar-refractivity contribution is 0.302. The van der Waals surface area contributed by atoms with Gasteiger partial charge in [-0.1, -0.05) is 25.1 Å². The average Bonchev–Trinajstić information content (AvgIpc) is 2.38. The van der Waals surface area contributed by atoms with Crippen molar-refractivity contribution < 1.29 is 9.47 Å². The van der Waals surface area contributed by atoms with Crippen LogP contribution >= 0.6 is 0 Å². The molecular weight excluding hydrogens is 226 g/mol. The van der Waals surface area contributed by atoms with Gasteiger partial charge < -0.3 is 15.2 Å². The van der Waals surface area contributed by atoms with Gasteiger partial charge in [0, 0.05) is 11.8 Å². The molecule has 3 heteroatoms. The highest BCUT2D eigenvalue weighted by Crippen LogP contribution is 2.31. The standard InChI is InChI=1S/C15H17NO2/c1-2-10-17-14-8-3-4-9-15(14)18-13-7-5-6-12(16)11-13/h3-9,11H,2,10,16H2,1H3. The fourth-order valence-electron chi connectivity index (χ4n) is 1.57. The normalized spacial score (nSPS) is 10.1. The Morgan fingerprint density at radius 1 is 1.00 bits per heavy atom. The summed E-state index contributed by atoms with van der Waals surface area (Å²) in [4.78, 5) is 0. The molecule has 94 valence electrons. The van der Waals surface area contributed by atoms with Crippen LogP contribution in [0.25, 0.3) is 0 Å². The van der Waals surface area contributed by atoms with Crippen LogP contribution in [0.5, 0.6) is 17.2 Å². The zero-order chi connectivity index (χ0) is 12.8. The first-order chi connectivity index (χ1) is 8.79. The summed E-state index contributed by atoms with van der Waals surface area (Å²) in [6, 6.07) is 15.0. The molecule has 0 aliphatic heterocycles. The maximum atomic E-state index is 5.78. The van der Waals surface area contributed by atoms with Gasteiger partial charge in [0.2, 0.25) is 0 Å². The van der Waals surface area contributed by atoms with Gasteiger partial charge in [-0.2, -0.15) is 0 Å². The quantitative estimate of drug-likeness (QED) is 0.811. The zero-order valence-corrected chi connectivity index (χ0v) is 10.4. The molecule has 0 unspecified atom stereocenters. The maximum Gasteiger partial charge on any atom is 0.169 e. The molecule has 0 fully saturated rings. The van der Waals surface area contributed by atoms with E-state index < -0.39 is 0 Å². The molecular formula is C15H17NO2. The Morgan fingerprint density at radius 2 is 1.78 bits per heavy atom. The van der Waals surface area contributed by atoms with Crippen molar-refractivity contribution in [2.24, 2.45) is 0 Å². The molecule has 2 N–H and O–H groups in total. The van der Waals surface area contributed by atoms with Crippen LogP contribution in [0.2, 0.25) is 0 Å². The minimum atomic E-state index is 0.678. The van der Waals surface area contributed by atoms with E-state index in [0.29, 0.717) is 23.8 Å². The van der Waals surface area contributed by atoms with Crippen LogP contribution in [0.1, 0.15) is 13.3 Å². The van der Waals surface area contributed by atoms with Crippen molar-refractivity contribution in [2.45, 2.75) is 13.3 Å². The fourth-order valence-corrected chi connectivity index (χ4v) is 1.57. The highest BCUT2D eigenvalue weighted by atomic mass is 16.5. The molecule has 0 bridgehead atoms. The van der Waals surface area contributed by atoms with E-state index in [-0.39, 0.29) is 0 Å². The molecule has 0 amide bonds. The van der Waals surface area contributed by atoms with Crippen molar-refractivity contribution in [2.75, 3.05) is 12.3 Å². The van der Waals surface area contributed by atoms with Crippen molar-refractivity contribution in [1.29, 1.82) is 0 Å². The largest absolute Gasteiger partial charge is 0.490 e. The van der Waals surface area contributed by atoms with E-state index in [9.17, 15) is 0 Å². The van der Waals surface area contributed by atoms with Crippen LogP contribution < -0.4 is 15.2 Å². The molecule has 0 aromatic heterocycles. The van der Waals surface area contributed by atoms with E-state index in [1.807, 2.05) is 42.5 Å². The first kappa shape index (κ1) is 12.3. The lowest BCUT2D eigenvalue weighted by Gasteiger charge is -2.12. The number of hydrogen-bond donors (Lipinski definition) is 1. The number of hydrogen-bond acceptors (Lipinski definition) is 3. The number of para-hydroxylation sites is 2. The summed E-state index contributed by atoms with van der Waals surface area (Å²) < 4.78 is 11.4. The fraction of sp³-hybridized carbons (Fsp3) is 0.200. The summed E-state index contributed by atoms with van der Waals surface area (Å²) in [7, 11) is 0. The van der Waals surface area contributed by atoms with Crippen molar-refractivity contribution >= 4 is 5.69 Å². The molecule has 0 saturated heterocycles. The Labute approximate surface area is 107 Å². The Morgan fingerprint density at radius 3 is 2.50 bits per heavy atom. The van der Waals surface area contributed by atoms with Crippen molar-refractivity contribution in [3.05, 3.63) is 48.5 Å². The predicted molar refractivity (Wildman–Crippen MR) is 73.2 cm³/mol.